The number of aromatic amines is 1. The summed E-state index contributed by atoms with van der Waals surface area (Å²) in [6.07, 6.45) is 4.43. The predicted octanol–water partition coefficient (Wildman–Crippen LogP) is 1.85. The van der Waals surface area contributed by atoms with Gasteiger partial charge in [0.1, 0.15) is 5.69 Å². The van der Waals surface area contributed by atoms with Gasteiger partial charge >= 0.3 is 0 Å². The molecule has 2 aliphatic heterocycles. The number of rotatable bonds is 3. The molecule has 2 unspecified atom stereocenters. The van der Waals surface area contributed by atoms with Gasteiger partial charge in [0.05, 0.1) is 6.26 Å². The molecule has 2 bridgehead atoms. The van der Waals surface area contributed by atoms with Crippen molar-refractivity contribution in [1.82, 2.24) is 14.6 Å². The van der Waals surface area contributed by atoms with Gasteiger partial charge in [0, 0.05) is 29.0 Å². The largest absolute Gasteiger partial charge is 0.351 e. The zero-order valence-corrected chi connectivity index (χ0v) is 14.3. The Labute approximate surface area is 141 Å². The Morgan fingerprint density at radius 1 is 1.21 bits per heavy atom. The van der Waals surface area contributed by atoms with Crippen LogP contribution in [0.1, 0.15) is 36.2 Å². The van der Waals surface area contributed by atoms with Crippen LogP contribution < -0.4 is 5.32 Å². The van der Waals surface area contributed by atoms with Crippen molar-refractivity contribution in [3.05, 3.63) is 36.0 Å². The van der Waals surface area contributed by atoms with Crippen molar-refractivity contribution >= 4 is 26.8 Å². The van der Waals surface area contributed by atoms with Crippen molar-refractivity contribution < 1.29 is 13.2 Å². The third-order valence-corrected chi connectivity index (χ3v) is 6.52. The molecule has 0 radical (unpaired) electrons. The second kappa shape index (κ2) is 5.60. The zero-order valence-electron chi connectivity index (χ0n) is 13.5. The number of fused-ring (bicyclic) bond motifs is 3. The summed E-state index contributed by atoms with van der Waals surface area (Å²) < 4.78 is 25.5. The molecule has 1 amide bonds. The summed E-state index contributed by atoms with van der Waals surface area (Å²) in [5.41, 5.74) is 1.49. The molecule has 1 aromatic heterocycles. The quantitative estimate of drug-likeness (QED) is 0.889. The molecule has 2 saturated heterocycles. The van der Waals surface area contributed by atoms with Gasteiger partial charge in [0.25, 0.3) is 5.91 Å². The molecule has 2 aromatic rings. The van der Waals surface area contributed by atoms with Crippen LogP contribution in [0.2, 0.25) is 0 Å². The molecule has 2 fully saturated rings. The molecule has 24 heavy (non-hydrogen) atoms. The van der Waals surface area contributed by atoms with Crippen LogP contribution in [0.25, 0.3) is 10.9 Å². The second-order valence-electron chi connectivity index (χ2n) is 6.89. The Bertz CT molecular complexity index is 842. The van der Waals surface area contributed by atoms with Gasteiger partial charge in [-0.1, -0.05) is 18.2 Å². The average molecular weight is 347 g/mol. The predicted molar refractivity (Wildman–Crippen MR) is 92.3 cm³/mol. The number of piperidine rings is 1. The van der Waals surface area contributed by atoms with Crippen LogP contribution in [-0.2, 0) is 10.0 Å². The Morgan fingerprint density at radius 2 is 1.88 bits per heavy atom. The molecule has 2 N–H and O–H groups in total. The fraction of sp³-hybridized carbons (Fsp3) is 0.471. The van der Waals surface area contributed by atoms with Crippen LogP contribution in [0.4, 0.5) is 0 Å². The number of sulfonamides is 1. The Balaban J connectivity index is 1.48. The Hall–Kier alpha value is -1.86. The number of amides is 1. The van der Waals surface area contributed by atoms with Crippen LogP contribution in [-0.4, -0.2) is 48.0 Å². The standard InChI is InChI=1S/C17H21N3O3S/c1-24(22,23)20-13-6-7-14(20)10-12(9-13)18-17(21)16-8-11-4-2-3-5-15(11)19-16/h2-5,8,12-14,19H,6-7,9-10H2,1H3,(H,18,21). The minimum Gasteiger partial charge on any atom is -0.351 e. The van der Waals surface area contributed by atoms with Crippen LogP contribution in [0, 0.1) is 0 Å². The topological polar surface area (TPSA) is 82.3 Å². The summed E-state index contributed by atoms with van der Waals surface area (Å²) in [6, 6.07) is 9.70. The number of nitrogens with one attached hydrogen (secondary N) is 2. The van der Waals surface area contributed by atoms with Crippen molar-refractivity contribution in [2.75, 3.05) is 6.26 Å². The average Bonchev–Trinajstić information content (AvgIpc) is 3.06. The number of hydrogen-bond donors (Lipinski definition) is 2. The van der Waals surface area contributed by atoms with E-state index < -0.39 is 10.0 Å². The van der Waals surface area contributed by atoms with Gasteiger partial charge in [-0.15, -0.1) is 0 Å². The van der Waals surface area contributed by atoms with Crippen molar-refractivity contribution in [3.63, 3.8) is 0 Å². The van der Waals surface area contributed by atoms with Gasteiger partial charge in [0.15, 0.2) is 0 Å². The van der Waals surface area contributed by atoms with Gasteiger partial charge in [-0.05, 0) is 37.8 Å². The monoisotopic (exact) mass is 347 g/mol. The van der Waals surface area contributed by atoms with E-state index in [1.807, 2.05) is 30.3 Å². The van der Waals surface area contributed by atoms with Gasteiger partial charge < -0.3 is 10.3 Å². The Morgan fingerprint density at radius 3 is 2.50 bits per heavy atom. The van der Waals surface area contributed by atoms with Crippen LogP contribution >= 0.6 is 0 Å². The molecule has 128 valence electrons. The minimum absolute atomic E-state index is 0.0202. The van der Waals surface area contributed by atoms with Crippen molar-refractivity contribution in [1.29, 1.82) is 0 Å². The molecular weight excluding hydrogens is 326 g/mol. The summed E-state index contributed by atoms with van der Waals surface area (Å²) in [6.45, 7) is 0. The molecule has 0 saturated carbocycles. The Kier molecular flexibility index (Phi) is 3.65. The normalized spacial score (nSPS) is 27.5. The summed E-state index contributed by atoms with van der Waals surface area (Å²) in [5.74, 6) is -0.122. The molecule has 4 rings (SSSR count). The highest BCUT2D eigenvalue weighted by Crippen LogP contribution is 2.37. The van der Waals surface area contributed by atoms with E-state index >= 15 is 0 Å². The van der Waals surface area contributed by atoms with Gasteiger partial charge in [-0.3, -0.25) is 4.79 Å². The van der Waals surface area contributed by atoms with Crippen molar-refractivity contribution in [3.8, 4) is 0 Å². The van der Waals surface area contributed by atoms with Crippen LogP contribution in [0.5, 0.6) is 0 Å². The van der Waals surface area contributed by atoms with Gasteiger partial charge in [-0.2, -0.15) is 4.31 Å². The lowest BCUT2D eigenvalue weighted by molar-refractivity contribution is 0.0905. The number of nitrogens with zero attached hydrogens (tertiary/aromatic N) is 1. The molecule has 2 aliphatic rings. The second-order valence-corrected chi connectivity index (χ2v) is 8.78. The number of carbonyl (C=O) groups excluding carboxylic acids is 1. The first-order valence-corrected chi connectivity index (χ1v) is 10.1. The number of carbonyl (C=O) groups is 1. The summed E-state index contributed by atoms with van der Waals surface area (Å²) in [5, 5.41) is 4.09. The van der Waals surface area contributed by atoms with Crippen molar-refractivity contribution in [2.24, 2.45) is 0 Å². The fourth-order valence-corrected chi connectivity index (χ4v) is 5.72. The molecule has 3 heterocycles. The SMILES string of the molecule is CS(=O)(=O)N1C2CCC1CC(NC(=O)c1cc3ccccc3[nH]1)C2. The molecule has 0 aliphatic carbocycles. The number of hydrogen-bond acceptors (Lipinski definition) is 3. The van der Waals surface area contributed by atoms with E-state index in [0.717, 1.165) is 23.7 Å². The fourth-order valence-electron chi connectivity index (χ4n) is 4.25. The maximum absolute atomic E-state index is 12.5. The lowest BCUT2D eigenvalue weighted by Gasteiger charge is -2.37. The number of benzene rings is 1. The first-order chi connectivity index (χ1) is 11.4. The van der Waals surface area contributed by atoms with Gasteiger partial charge in [-0.25, -0.2) is 8.42 Å². The highest BCUT2D eigenvalue weighted by molar-refractivity contribution is 7.88. The van der Waals surface area contributed by atoms with Gasteiger partial charge in [0.2, 0.25) is 10.0 Å². The van der Waals surface area contributed by atoms with Crippen molar-refractivity contribution in [2.45, 2.75) is 43.8 Å². The highest BCUT2D eigenvalue weighted by atomic mass is 32.2. The third-order valence-electron chi connectivity index (χ3n) is 5.16. The number of H-pyrrole nitrogens is 1. The third kappa shape index (κ3) is 2.71. The highest BCUT2D eigenvalue weighted by Gasteiger charge is 2.45. The number of aromatic nitrogens is 1. The molecular formula is C17H21N3O3S. The molecule has 7 heteroatoms. The maximum Gasteiger partial charge on any atom is 0.267 e. The van der Waals surface area contributed by atoms with E-state index in [9.17, 15) is 13.2 Å². The summed E-state index contributed by atoms with van der Waals surface area (Å²) in [4.78, 5) is 15.7. The van der Waals surface area contributed by atoms with E-state index in [2.05, 4.69) is 10.3 Å². The van der Waals surface area contributed by atoms with E-state index in [1.54, 1.807) is 4.31 Å². The lowest BCUT2D eigenvalue weighted by Crippen LogP contribution is -2.52. The molecule has 2 atom stereocenters. The summed E-state index contributed by atoms with van der Waals surface area (Å²) in [7, 11) is -3.17. The van der Waals surface area contributed by atoms with Crippen LogP contribution in [0.3, 0.4) is 0 Å². The van der Waals surface area contributed by atoms with E-state index in [1.165, 1.54) is 6.26 Å². The number of para-hydroxylation sites is 1. The maximum atomic E-state index is 12.5. The smallest absolute Gasteiger partial charge is 0.267 e. The van der Waals surface area contributed by atoms with E-state index in [0.29, 0.717) is 18.5 Å². The molecule has 1 aromatic carbocycles. The van der Waals surface area contributed by atoms with E-state index in [4.69, 9.17) is 0 Å². The molecule has 6 nitrogen and oxygen atoms in total. The first kappa shape index (κ1) is 15.7. The summed E-state index contributed by atoms with van der Waals surface area (Å²) >= 11 is 0. The molecule has 0 spiro atoms. The minimum atomic E-state index is -3.17. The van der Waals surface area contributed by atoms with E-state index in [-0.39, 0.29) is 24.0 Å². The zero-order chi connectivity index (χ0) is 16.9. The first-order valence-electron chi connectivity index (χ1n) is 8.29. The van der Waals surface area contributed by atoms with Crippen LogP contribution in [0.15, 0.2) is 30.3 Å². The lowest BCUT2D eigenvalue weighted by atomic mass is 9.99.